The number of hydrogen-bond donors (Lipinski definition) is 1. The number of carbonyl (C=O) groups excluding carboxylic acids is 2. The fraction of sp³-hybridized carbons (Fsp3) is 0.364. The van der Waals surface area contributed by atoms with Crippen LogP contribution in [0.15, 0.2) is 48.5 Å². The Labute approximate surface area is 165 Å². The highest BCUT2D eigenvalue weighted by molar-refractivity contribution is 6.30. The standard InChI is InChI=1S/C22H25ClN2O2/c1-14(15-9-11-16(23)12-10-15)13-25-19(20(26)24-22(2,3)4)17-7-5-6-8-18(17)21(25)27/h5-12,14,19H,13H2,1-4H3,(H,24,26). The van der Waals surface area contributed by atoms with E-state index in [1.807, 2.05) is 63.2 Å². The Hall–Kier alpha value is -2.33. The van der Waals surface area contributed by atoms with E-state index < -0.39 is 6.04 Å². The summed E-state index contributed by atoms with van der Waals surface area (Å²) in [4.78, 5) is 27.7. The van der Waals surface area contributed by atoms with Crippen LogP contribution in [0.5, 0.6) is 0 Å². The first-order chi connectivity index (χ1) is 12.7. The predicted molar refractivity (Wildman–Crippen MR) is 108 cm³/mol. The molecule has 0 radical (unpaired) electrons. The molecule has 2 aromatic rings. The summed E-state index contributed by atoms with van der Waals surface area (Å²) >= 11 is 5.98. The van der Waals surface area contributed by atoms with Crippen LogP contribution < -0.4 is 5.32 Å². The van der Waals surface area contributed by atoms with E-state index in [1.165, 1.54) is 0 Å². The zero-order valence-electron chi connectivity index (χ0n) is 16.1. The fourth-order valence-corrected chi connectivity index (χ4v) is 3.60. The number of benzene rings is 2. The maximum absolute atomic E-state index is 13.0. The molecule has 1 aliphatic rings. The molecule has 0 saturated carbocycles. The van der Waals surface area contributed by atoms with Gasteiger partial charge in [0, 0.05) is 22.7 Å². The normalized spacial score (nSPS) is 17.6. The van der Waals surface area contributed by atoms with Crippen molar-refractivity contribution in [1.82, 2.24) is 10.2 Å². The molecule has 0 bridgehead atoms. The molecule has 2 unspecified atom stereocenters. The van der Waals surface area contributed by atoms with Crippen LogP contribution in [0.1, 0.15) is 61.1 Å². The summed E-state index contributed by atoms with van der Waals surface area (Å²) in [5.74, 6) is -0.171. The van der Waals surface area contributed by atoms with Gasteiger partial charge < -0.3 is 10.2 Å². The number of nitrogens with one attached hydrogen (secondary N) is 1. The highest BCUT2D eigenvalue weighted by Gasteiger charge is 2.42. The Morgan fingerprint density at radius 1 is 1.15 bits per heavy atom. The Balaban J connectivity index is 1.90. The monoisotopic (exact) mass is 384 g/mol. The SMILES string of the molecule is CC(CN1C(=O)c2ccccc2C1C(=O)NC(C)(C)C)c1ccc(Cl)cc1. The zero-order valence-corrected chi connectivity index (χ0v) is 16.9. The molecule has 142 valence electrons. The van der Waals surface area contributed by atoms with Gasteiger partial charge in [-0.05, 0) is 56.0 Å². The van der Waals surface area contributed by atoms with Gasteiger partial charge in [-0.3, -0.25) is 9.59 Å². The Morgan fingerprint density at radius 3 is 2.41 bits per heavy atom. The van der Waals surface area contributed by atoms with Crippen LogP contribution in [-0.2, 0) is 4.79 Å². The molecule has 4 nitrogen and oxygen atoms in total. The number of hydrogen-bond acceptors (Lipinski definition) is 2. The number of carbonyl (C=O) groups is 2. The summed E-state index contributed by atoms with van der Waals surface area (Å²) in [5, 5.41) is 3.70. The van der Waals surface area contributed by atoms with Gasteiger partial charge in [0.05, 0.1) is 0 Å². The lowest BCUT2D eigenvalue weighted by Crippen LogP contribution is -2.47. The number of nitrogens with zero attached hydrogens (tertiary/aromatic N) is 1. The Morgan fingerprint density at radius 2 is 1.78 bits per heavy atom. The van der Waals surface area contributed by atoms with E-state index in [0.29, 0.717) is 17.1 Å². The molecule has 0 fully saturated rings. The minimum Gasteiger partial charge on any atom is -0.349 e. The van der Waals surface area contributed by atoms with Gasteiger partial charge in [-0.1, -0.05) is 48.9 Å². The third-order valence-electron chi connectivity index (χ3n) is 4.71. The van der Waals surface area contributed by atoms with E-state index >= 15 is 0 Å². The van der Waals surface area contributed by atoms with Crippen LogP contribution >= 0.6 is 11.6 Å². The first-order valence-electron chi connectivity index (χ1n) is 9.15. The maximum Gasteiger partial charge on any atom is 0.255 e. The second-order valence-electron chi connectivity index (χ2n) is 8.14. The van der Waals surface area contributed by atoms with Crippen molar-refractivity contribution in [2.75, 3.05) is 6.54 Å². The van der Waals surface area contributed by atoms with Crippen LogP contribution in [0.2, 0.25) is 5.02 Å². The van der Waals surface area contributed by atoms with Gasteiger partial charge in [-0.15, -0.1) is 0 Å². The van der Waals surface area contributed by atoms with E-state index in [2.05, 4.69) is 12.2 Å². The molecule has 2 aromatic carbocycles. The molecule has 1 N–H and O–H groups in total. The largest absolute Gasteiger partial charge is 0.349 e. The highest BCUT2D eigenvalue weighted by atomic mass is 35.5. The lowest BCUT2D eigenvalue weighted by atomic mass is 9.99. The van der Waals surface area contributed by atoms with E-state index in [0.717, 1.165) is 11.1 Å². The van der Waals surface area contributed by atoms with Gasteiger partial charge in [0.1, 0.15) is 6.04 Å². The van der Waals surface area contributed by atoms with E-state index in [4.69, 9.17) is 11.6 Å². The van der Waals surface area contributed by atoms with Crippen LogP contribution in [0.4, 0.5) is 0 Å². The van der Waals surface area contributed by atoms with Crippen molar-refractivity contribution in [3.8, 4) is 0 Å². The van der Waals surface area contributed by atoms with E-state index in [-0.39, 0.29) is 23.3 Å². The molecular formula is C22H25ClN2O2. The minimum atomic E-state index is -0.609. The van der Waals surface area contributed by atoms with Gasteiger partial charge in [-0.2, -0.15) is 0 Å². The van der Waals surface area contributed by atoms with Gasteiger partial charge in [0.15, 0.2) is 0 Å². The quantitative estimate of drug-likeness (QED) is 0.840. The van der Waals surface area contributed by atoms with Crippen molar-refractivity contribution >= 4 is 23.4 Å². The first-order valence-corrected chi connectivity index (χ1v) is 9.52. The van der Waals surface area contributed by atoms with Crippen molar-refractivity contribution in [1.29, 1.82) is 0 Å². The van der Waals surface area contributed by atoms with E-state index in [9.17, 15) is 9.59 Å². The molecule has 3 rings (SSSR count). The van der Waals surface area contributed by atoms with Crippen LogP contribution in [0.3, 0.4) is 0 Å². The molecule has 0 spiro atoms. The summed E-state index contributed by atoms with van der Waals surface area (Å²) in [7, 11) is 0. The average Bonchev–Trinajstić information content (AvgIpc) is 2.87. The summed E-state index contributed by atoms with van der Waals surface area (Å²) in [6.07, 6.45) is 0. The van der Waals surface area contributed by atoms with Crippen molar-refractivity contribution in [3.63, 3.8) is 0 Å². The van der Waals surface area contributed by atoms with Gasteiger partial charge in [0.2, 0.25) is 5.91 Å². The van der Waals surface area contributed by atoms with E-state index in [1.54, 1.807) is 11.0 Å². The minimum absolute atomic E-state index is 0.0745. The van der Waals surface area contributed by atoms with Crippen molar-refractivity contribution in [3.05, 3.63) is 70.2 Å². The number of halogens is 1. The summed E-state index contributed by atoms with van der Waals surface area (Å²) in [6, 6.07) is 14.4. The summed E-state index contributed by atoms with van der Waals surface area (Å²) < 4.78 is 0. The molecule has 1 aliphatic heterocycles. The molecule has 0 aromatic heterocycles. The van der Waals surface area contributed by atoms with Gasteiger partial charge in [-0.25, -0.2) is 0 Å². The third-order valence-corrected chi connectivity index (χ3v) is 4.97. The topological polar surface area (TPSA) is 49.4 Å². The molecule has 1 heterocycles. The molecule has 27 heavy (non-hydrogen) atoms. The highest BCUT2D eigenvalue weighted by Crippen LogP contribution is 2.36. The summed E-state index contributed by atoms with van der Waals surface area (Å²) in [6.45, 7) is 8.33. The molecule has 0 saturated heterocycles. The van der Waals surface area contributed by atoms with Crippen LogP contribution in [-0.4, -0.2) is 28.8 Å². The third kappa shape index (κ3) is 4.16. The number of amides is 2. The fourth-order valence-electron chi connectivity index (χ4n) is 3.47. The molecule has 0 aliphatic carbocycles. The van der Waals surface area contributed by atoms with Gasteiger partial charge in [0.25, 0.3) is 5.91 Å². The van der Waals surface area contributed by atoms with Crippen LogP contribution in [0.25, 0.3) is 0 Å². The lowest BCUT2D eigenvalue weighted by Gasteiger charge is -2.30. The maximum atomic E-state index is 13.0. The second-order valence-corrected chi connectivity index (χ2v) is 8.58. The van der Waals surface area contributed by atoms with Crippen molar-refractivity contribution < 1.29 is 9.59 Å². The summed E-state index contributed by atoms with van der Waals surface area (Å²) in [5.41, 5.74) is 2.09. The zero-order chi connectivity index (χ0) is 19.8. The Kier molecular flexibility index (Phi) is 5.29. The second kappa shape index (κ2) is 7.35. The average molecular weight is 385 g/mol. The Bertz CT molecular complexity index is 855. The first kappa shape index (κ1) is 19.4. The molecule has 2 atom stereocenters. The van der Waals surface area contributed by atoms with Crippen molar-refractivity contribution in [2.24, 2.45) is 0 Å². The number of rotatable bonds is 4. The number of fused-ring (bicyclic) bond motifs is 1. The van der Waals surface area contributed by atoms with Crippen LogP contribution in [0, 0.1) is 0 Å². The van der Waals surface area contributed by atoms with Crippen molar-refractivity contribution in [2.45, 2.75) is 45.2 Å². The predicted octanol–water partition coefficient (Wildman–Crippen LogP) is 4.56. The molecule has 5 heteroatoms. The molecule has 2 amide bonds. The molecular weight excluding hydrogens is 360 g/mol. The smallest absolute Gasteiger partial charge is 0.255 e. The van der Waals surface area contributed by atoms with Gasteiger partial charge >= 0.3 is 0 Å². The lowest BCUT2D eigenvalue weighted by molar-refractivity contribution is -0.127.